The quantitative estimate of drug-likeness (QED) is 0.807. The Hall–Kier alpha value is -1.36. The second kappa shape index (κ2) is 4.09. The van der Waals surface area contributed by atoms with E-state index in [2.05, 4.69) is 24.3 Å². The molecule has 1 atom stereocenters. The van der Waals surface area contributed by atoms with Gasteiger partial charge < -0.3 is 10.1 Å². The highest BCUT2D eigenvalue weighted by atomic mass is 16.5. The molecule has 5 nitrogen and oxygen atoms in total. The van der Waals surface area contributed by atoms with E-state index in [1.807, 2.05) is 17.1 Å². The van der Waals surface area contributed by atoms with Crippen LogP contribution < -0.4 is 5.32 Å². The van der Waals surface area contributed by atoms with Gasteiger partial charge in [-0.1, -0.05) is 0 Å². The lowest BCUT2D eigenvalue weighted by atomic mass is 9.65. The molecule has 0 saturated carbocycles. The van der Waals surface area contributed by atoms with Crippen LogP contribution >= 0.6 is 0 Å². The topological polar surface area (TPSA) is 56.2 Å². The molecule has 5 heteroatoms. The fraction of sp³-hybridized carbons (Fsp3) is 0.692. The first-order chi connectivity index (χ1) is 8.63. The third-order valence-corrected chi connectivity index (χ3v) is 4.15. The first-order valence-corrected chi connectivity index (χ1v) is 6.56. The van der Waals surface area contributed by atoms with Gasteiger partial charge in [-0.05, 0) is 26.7 Å². The van der Waals surface area contributed by atoms with Crippen molar-refractivity contribution in [3.05, 3.63) is 18.0 Å². The van der Waals surface area contributed by atoms with Crippen LogP contribution in [0.3, 0.4) is 0 Å². The van der Waals surface area contributed by atoms with Crippen molar-refractivity contribution >= 4 is 5.91 Å². The van der Waals surface area contributed by atoms with Crippen molar-refractivity contribution in [3.8, 4) is 0 Å². The zero-order valence-electron chi connectivity index (χ0n) is 10.8. The highest BCUT2D eigenvalue weighted by Crippen LogP contribution is 2.49. The van der Waals surface area contributed by atoms with Gasteiger partial charge in [-0.2, -0.15) is 5.10 Å². The summed E-state index contributed by atoms with van der Waals surface area (Å²) in [7, 11) is 0. The minimum Gasteiger partial charge on any atom is -0.381 e. The highest BCUT2D eigenvalue weighted by molar-refractivity contribution is 5.90. The summed E-state index contributed by atoms with van der Waals surface area (Å²) < 4.78 is 7.31. The largest absolute Gasteiger partial charge is 0.381 e. The van der Waals surface area contributed by atoms with Gasteiger partial charge in [0, 0.05) is 31.0 Å². The molecule has 2 saturated heterocycles. The Morgan fingerprint density at radius 3 is 2.78 bits per heavy atom. The van der Waals surface area contributed by atoms with Crippen LogP contribution in [0.4, 0.5) is 0 Å². The number of nitrogens with one attached hydrogen (secondary N) is 1. The second-order valence-corrected chi connectivity index (χ2v) is 5.52. The number of carbonyl (C=O) groups excluding carboxylic acids is 1. The molecule has 3 heterocycles. The minimum atomic E-state index is -0.247. The van der Waals surface area contributed by atoms with Gasteiger partial charge in [0.25, 0.3) is 0 Å². The lowest BCUT2D eigenvalue weighted by Gasteiger charge is -2.50. The fourth-order valence-corrected chi connectivity index (χ4v) is 2.90. The van der Waals surface area contributed by atoms with E-state index in [1.165, 1.54) is 0 Å². The van der Waals surface area contributed by atoms with Crippen molar-refractivity contribution in [2.75, 3.05) is 13.2 Å². The Bertz CT molecular complexity index is 461. The Morgan fingerprint density at radius 1 is 1.50 bits per heavy atom. The smallest absolute Gasteiger partial charge is 0.229 e. The zero-order chi connectivity index (χ0) is 12.8. The molecule has 2 aliphatic heterocycles. The van der Waals surface area contributed by atoms with Crippen molar-refractivity contribution in [1.82, 2.24) is 15.1 Å². The van der Waals surface area contributed by atoms with Gasteiger partial charge in [-0.25, -0.2) is 0 Å². The molecule has 0 unspecified atom stereocenters. The Morgan fingerprint density at radius 2 is 2.22 bits per heavy atom. The summed E-state index contributed by atoms with van der Waals surface area (Å²) in [5.41, 5.74) is 0.869. The molecule has 0 radical (unpaired) electrons. The van der Waals surface area contributed by atoms with Crippen LogP contribution in [0.15, 0.2) is 12.4 Å². The molecule has 1 spiro atoms. The molecule has 1 aromatic rings. The van der Waals surface area contributed by atoms with Gasteiger partial charge in [-0.15, -0.1) is 0 Å². The van der Waals surface area contributed by atoms with Crippen LogP contribution in [-0.4, -0.2) is 28.9 Å². The van der Waals surface area contributed by atoms with E-state index in [9.17, 15) is 4.79 Å². The standard InChI is InChI=1S/C13H19N3O2/c1-9(2)16-8-10(7-14-16)11-13(12(17)15-11)3-5-18-6-4-13/h7-9,11H,3-6H2,1-2H3,(H,15,17)/t11-/m0/s1. The SMILES string of the molecule is CC(C)n1cc([C@@H]2NC(=O)C23CCOCC3)cn1. The van der Waals surface area contributed by atoms with Crippen molar-refractivity contribution in [3.63, 3.8) is 0 Å². The first kappa shape index (κ1) is 11.7. The summed E-state index contributed by atoms with van der Waals surface area (Å²) >= 11 is 0. The minimum absolute atomic E-state index is 0.112. The van der Waals surface area contributed by atoms with Crippen LogP contribution in [0.25, 0.3) is 0 Å². The van der Waals surface area contributed by atoms with Crippen LogP contribution in [0.5, 0.6) is 0 Å². The number of nitrogens with zero attached hydrogens (tertiary/aromatic N) is 2. The van der Waals surface area contributed by atoms with E-state index in [0.717, 1.165) is 18.4 Å². The molecule has 1 N–H and O–H groups in total. The van der Waals surface area contributed by atoms with Crippen molar-refractivity contribution in [1.29, 1.82) is 0 Å². The van der Waals surface area contributed by atoms with Gasteiger partial charge >= 0.3 is 0 Å². The molecule has 0 aromatic carbocycles. The summed E-state index contributed by atoms with van der Waals surface area (Å²) in [6.45, 7) is 5.56. The van der Waals surface area contributed by atoms with E-state index < -0.39 is 0 Å². The van der Waals surface area contributed by atoms with Crippen molar-refractivity contribution < 1.29 is 9.53 Å². The normalized spacial score (nSPS) is 26.2. The molecule has 3 rings (SSSR count). The molecule has 1 aromatic heterocycles. The number of amides is 1. The van der Waals surface area contributed by atoms with Crippen LogP contribution in [-0.2, 0) is 9.53 Å². The molecule has 2 fully saturated rings. The third kappa shape index (κ3) is 1.57. The number of hydrogen-bond acceptors (Lipinski definition) is 3. The van der Waals surface area contributed by atoms with Crippen LogP contribution in [0.2, 0.25) is 0 Å². The average Bonchev–Trinajstić information content (AvgIpc) is 2.86. The van der Waals surface area contributed by atoms with Gasteiger partial charge in [0.05, 0.1) is 17.7 Å². The molecule has 1 amide bonds. The number of β-lactam (4-membered cyclic amide) rings is 1. The maximum atomic E-state index is 11.9. The number of rotatable bonds is 2. The molecule has 2 aliphatic rings. The molecule has 18 heavy (non-hydrogen) atoms. The first-order valence-electron chi connectivity index (χ1n) is 6.56. The summed E-state index contributed by atoms with van der Waals surface area (Å²) in [5.74, 6) is 0.174. The predicted molar refractivity (Wildman–Crippen MR) is 66.0 cm³/mol. The van der Waals surface area contributed by atoms with E-state index in [0.29, 0.717) is 19.3 Å². The Balaban J connectivity index is 1.85. The molecule has 98 valence electrons. The summed E-state index contributed by atoms with van der Waals surface area (Å²) in [6.07, 6.45) is 5.56. The van der Waals surface area contributed by atoms with E-state index in [4.69, 9.17) is 4.74 Å². The van der Waals surface area contributed by atoms with E-state index in [1.54, 1.807) is 0 Å². The number of ether oxygens (including phenoxy) is 1. The van der Waals surface area contributed by atoms with E-state index >= 15 is 0 Å². The molecule has 0 bridgehead atoms. The summed E-state index contributed by atoms with van der Waals surface area (Å²) in [6, 6.07) is 0.460. The summed E-state index contributed by atoms with van der Waals surface area (Å²) in [5, 5.41) is 7.38. The van der Waals surface area contributed by atoms with Gasteiger partial charge in [-0.3, -0.25) is 9.48 Å². The highest BCUT2D eigenvalue weighted by Gasteiger charge is 2.56. The lowest BCUT2D eigenvalue weighted by Crippen LogP contribution is -2.62. The maximum Gasteiger partial charge on any atom is 0.229 e. The van der Waals surface area contributed by atoms with Crippen LogP contribution in [0, 0.1) is 5.41 Å². The van der Waals surface area contributed by atoms with Crippen molar-refractivity contribution in [2.45, 2.75) is 38.8 Å². The molecule has 0 aliphatic carbocycles. The average molecular weight is 249 g/mol. The second-order valence-electron chi connectivity index (χ2n) is 5.52. The Kier molecular flexibility index (Phi) is 2.66. The third-order valence-electron chi connectivity index (χ3n) is 4.15. The maximum absolute atomic E-state index is 11.9. The molecular formula is C13H19N3O2. The monoisotopic (exact) mass is 249 g/mol. The lowest BCUT2D eigenvalue weighted by molar-refractivity contribution is -0.155. The van der Waals surface area contributed by atoms with Gasteiger partial charge in [0.1, 0.15) is 0 Å². The Labute approximate surface area is 107 Å². The zero-order valence-corrected chi connectivity index (χ0v) is 10.8. The van der Waals surface area contributed by atoms with Crippen molar-refractivity contribution in [2.24, 2.45) is 5.41 Å². The molecular weight excluding hydrogens is 230 g/mol. The van der Waals surface area contributed by atoms with E-state index in [-0.39, 0.29) is 17.4 Å². The van der Waals surface area contributed by atoms with Gasteiger partial charge in [0.2, 0.25) is 5.91 Å². The number of carbonyl (C=O) groups is 1. The number of aromatic nitrogens is 2. The number of hydrogen-bond donors (Lipinski definition) is 1. The van der Waals surface area contributed by atoms with Gasteiger partial charge in [0.15, 0.2) is 0 Å². The predicted octanol–water partition coefficient (Wildman–Crippen LogP) is 1.43. The summed E-state index contributed by atoms with van der Waals surface area (Å²) in [4.78, 5) is 11.9. The fourth-order valence-electron chi connectivity index (χ4n) is 2.90. The van der Waals surface area contributed by atoms with Crippen LogP contribution in [0.1, 0.15) is 44.3 Å².